The topological polar surface area (TPSA) is 37.3 Å². The molecule has 1 unspecified atom stereocenters. The summed E-state index contributed by atoms with van der Waals surface area (Å²) in [6.45, 7) is 7.00. The molecule has 0 spiro atoms. The zero-order valence-electron chi connectivity index (χ0n) is 6.29. The third-order valence-electron chi connectivity index (χ3n) is 1.22. The second kappa shape index (κ2) is 3.88. The van der Waals surface area contributed by atoms with Gasteiger partial charge in [0.25, 0.3) is 0 Å². The van der Waals surface area contributed by atoms with E-state index >= 15 is 0 Å². The van der Waals surface area contributed by atoms with Crippen LogP contribution in [0.5, 0.6) is 0 Å². The smallest absolute Gasteiger partial charge is 0.330 e. The van der Waals surface area contributed by atoms with Gasteiger partial charge in [-0.05, 0) is 12.8 Å². The second-order valence-electron chi connectivity index (χ2n) is 2.25. The second-order valence-corrected chi connectivity index (χ2v) is 2.25. The Balaban J connectivity index is 4.15. The molecule has 2 nitrogen and oxygen atoms in total. The first kappa shape index (κ1) is 8.95. The molecule has 0 rings (SSSR count). The standard InChI is InChI=1S/C8H12O2/c1-4-6(2)5-7(3)8(9)10/h4-6H,1H2,2-3H3,(H,9,10). The molecule has 2 heteroatoms. The van der Waals surface area contributed by atoms with Crippen molar-refractivity contribution in [1.29, 1.82) is 0 Å². The van der Waals surface area contributed by atoms with Crippen LogP contribution in [0, 0.1) is 5.92 Å². The molecule has 0 aromatic heterocycles. The molecule has 0 saturated carbocycles. The number of hydrogen-bond acceptors (Lipinski definition) is 1. The highest BCUT2D eigenvalue weighted by atomic mass is 16.4. The Morgan fingerprint density at radius 1 is 1.70 bits per heavy atom. The maximum Gasteiger partial charge on any atom is 0.330 e. The van der Waals surface area contributed by atoms with Gasteiger partial charge in [-0.25, -0.2) is 4.79 Å². The van der Waals surface area contributed by atoms with Crippen molar-refractivity contribution < 1.29 is 9.90 Å². The molecule has 1 N–H and O–H groups in total. The largest absolute Gasteiger partial charge is 0.478 e. The summed E-state index contributed by atoms with van der Waals surface area (Å²) in [6.07, 6.45) is 3.36. The van der Waals surface area contributed by atoms with E-state index in [-0.39, 0.29) is 5.92 Å². The van der Waals surface area contributed by atoms with Crippen LogP contribution < -0.4 is 0 Å². The summed E-state index contributed by atoms with van der Waals surface area (Å²) in [5, 5.41) is 8.42. The predicted octanol–water partition coefficient (Wildman–Crippen LogP) is 1.84. The van der Waals surface area contributed by atoms with E-state index in [1.807, 2.05) is 6.92 Å². The zero-order chi connectivity index (χ0) is 8.15. The van der Waals surface area contributed by atoms with Crippen LogP contribution in [0.4, 0.5) is 0 Å². The zero-order valence-corrected chi connectivity index (χ0v) is 6.29. The number of aliphatic carboxylic acids is 1. The summed E-state index contributed by atoms with van der Waals surface area (Å²) < 4.78 is 0. The third-order valence-corrected chi connectivity index (χ3v) is 1.22. The van der Waals surface area contributed by atoms with Crippen LogP contribution in [-0.2, 0) is 4.79 Å². The number of allylic oxidation sites excluding steroid dienone is 2. The Hall–Kier alpha value is -1.05. The van der Waals surface area contributed by atoms with Crippen LogP contribution in [0.15, 0.2) is 24.3 Å². The third kappa shape index (κ3) is 3.07. The van der Waals surface area contributed by atoms with Crippen molar-refractivity contribution in [3.63, 3.8) is 0 Å². The number of carbonyl (C=O) groups is 1. The molecule has 0 amide bonds. The Bertz CT molecular complexity index is 168. The van der Waals surface area contributed by atoms with Crippen LogP contribution in [0.3, 0.4) is 0 Å². The minimum atomic E-state index is -0.867. The first-order valence-corrected chi connectivity index (χ1v) is 3.12. The lowest BCUT2D eigenvalue weighted by Gasteiger charge is -1.97. The lowest BCUT2D eigenvalue weighted by molar-refractivity contribution is -0.132. The first-order valence-electron chi connectivity index (χ1n) is 3.12. The summed E-state index contributed by atoms with van der Waals surface area (Å²) in [6, 6.07) is 0. The normalized spacial score (nSPS) is 14.4. The lowest BCUT2D eigenvalue weighted by Crippen LogP contribution is -1.97. The molecule has 0 aliphatic rings. The van der Waals surface area contributed by atoms with Crippen LogP contribution >= 0.6 is 0 Å². The summed E-state index contributed by atoms with van der Waals surface area (Å²) >= 11 is 0. The highest BCUT2D eigenvalue weighted by Gasteiger charge is 1.99. The van der Waals surface area contributed by atoms with E-state index in [9.17, 15) is 4.79 Å². The quantitative estimate of drug-likeness (QED) is 0.479. The Kier molecular flexibility index (Phi) is 3.47. The summed E-state index contributed by atoms with van der Waals surface area (Å²) in [5.41, 5.74) is 0.368. The van der Waals surface area contributed by atoms with E-state index < -0.39 is 5.97 Å². The average Bonchev–Trinajstić information content (AvgIpc) is 1.87. The molecule has 0 bridgehead atoms. The fraction of sp³-hybridized carbons (Fsp3) is 0.375. The molecule has 0 aliphatic heterocycles. The Labute approximate surface area is 60.9 Å². The number of carboxylic acids is 1. The van der Waals surface area contributed by atoms with Crippen molar-refractivity contribution in [2.24, 2.45) is 5.92 Å². The SMILES string of the molecule is C=CC(C)C=C(C)C(=O)O. The molecule has 1 atom stereocenters. The van der Waals surface area contributed by atoms with Crippen molar-refractivity contribution in [1.82, 2.24) is 0 Å². The average molecular weight is 140 g/mol. The van der Waals surface area contributed by atoms with E-state index in [2.05, 4.69) is 6.58 Å². The van der Waals surface area contributed by atoms with Gasteiger partial charge in [0.15, 0.2) is 0 Å². The number of carboxylic acid groups (broad SMARTS) is 1. The van der Waals surface area contributed by atoms with Crippen molar-refractivity contribution in [3.05, 3.63) is 24.3 Å². The van der Waals surface area contributed by atoms with Gasteiger partial charge in [0, 0.05) is 5.57 Å². The van der Waals surface area contributed by atoms with E-state index in [0.29, 0.717) is 5.57 Å². The van der Waals surface area contributed by atoms with Gasteiger partial charge in [0.2, 0.25) is 0 Å². The van der Waals surface area contributed by atoms with E-state index in [0.717, 1.165) is 0 Å². The molecule has 0 fully saturated rings. The highest BCUT2D eigenvalue weighted by molar-refractivity contribution is 5.85. The molecule has 0 aromatic carbocycles. The number of rotatable bonds is 3. The van der Waals surface area contributed by atoms with Crippen molar-refractivity contribution in [2.75, 3.05) is 0 Å². The molecule has 0 saturated heterocycles. The van der Waals surface area contributed by atoms with Gasteiger partial charge in [-0.2, -0.15) is 0 Å². The van der Waals surface area contributed by atoms with Gasteiger partial charge in [0.05, 0.1) is 0 Å². The van der Waals surface area contributed by atoms with Gasteiger partial charge >= 0.3 is 5.97 Å². The minimum absolute atomic E-state index is 0.135. The predicted molar refractivity (Wildman–Crippen MR) is 40.8 cm³/mol. The Morgan fingerprint density at radius 3 is 2.50 bits per heavy atom. The van der Waals surface area contributed by atoms with Crippen LogP contribution in [0.1, 0.15) is 13.8 Å². The fourth-order valence-electron chi connectivity index (χ4n) is 0.534. The van der Waals surface area contributed by atoms with E-state index in [1.165, 1.54) is 0 Å². The molecule has 56 valence electrons. The maximum absolute atomic E-state index is 10.2. The van der Waals surface area contributed by atoms with Gasteiger partial charge in [0.1, 0.15) is 0 Å². The molecule has 0 aromatic rings. The number of hydrogen-bond donors (Lipinski definition) is 1. The molecule has 0 heterocycles. The van der Waals surface area contributed by atoms with Gasteiger partial charge in [-0.1, -0.05) is 19.1 Å². The fourth-order valence-corrected chi connectivity index (χ4v) is 0.534. The van der Waals surface area contributed by atoms with E-state index in [1.54, 1.807) is 19.1 Å². The van der Waals surface area contributed by atoms with E-state index in [4.69, 9.17) is 5.11 Å². The lowest BCUT2D eigenvalue weighted by atomic mass is 10.1. The monoisotopic (exact) mass is 140 g/mol. The van der Waals surface area contributed by atoms with Gasteiger partial charge in [-0.3, -0.25) is 0 Å². The minimum Gasteiger partial charge on any atom is -0.478 e. The van der Waals surface area contributed by atoms with Crippen molar-refractivity contribution >= 4 is 5.97 Å². The summed E-state index contributed by atoms with van der Waals surface area (Å²) in [4.78, 5) is 10.2. The summed E-state index contributed by atoms with van der Waals surface area (Å²) in [7, 11) is 0. The molecule has 10 heavy (non-hydrogen) atoms. The molecular formula is C8H12O2. The van der Waals surface area contributed by atoms with Crippen molar-refractivity contribution in [3.8, 4) is 0 Å². The van der Waals surface area contributed by atoms with Crippen LogP contribution in [0.2, 0.25) is 0 Å². The highest BCUT2D eigenvalue weighted by Crippen LogP contribution is 2.02. The van der Waals surface area contributed by atoms with Crippen molar-refractivity contribution in [2.45, 2.75) is 13.8 Å². The summed E-state index contributed by atoms with van der Waals surface area (Å²) in [5.74, 6) is -0.732. The maximum atomic E-state index is 10.2. The van der Waals surface area contributed by atoms with Gasteiger partial charge in [-0.15, -0.1) is 6.58 Å². The van der Waals surface area contributed by atoms with Crippen LogP contribution in [-0.4, -0.2) is 11.1 Å². The van der Waals surface area contributed by atoms with Gasteiger partial charge < -0.3 is 5.11 Å². The van der Waals surface area contributed by atoms with Crippen LogP contribution in [0.25, 0.3) is 0 Å². The molecule has 0 radical (unpaired) electrons. The molecule has 0 aliphatic carbocycles. The Morgan fingerprint density at radius 2 is 2.20 bits per heavy atom. The first-order chi connectivity index (χ1) is 4.57. The molecular weight excluding hydrogens is 128 g/mol.